The molecule has 6 nitrogen and oxygen atoms in total. The molecule has 6 heteroatoms. The molecule has 1 amide bonds. The number of nitrogens with one attached hydrogen (secondary N) is 1. The number of hydrogen-bond acceptors (Lipinski definition) is 4. The molecular formula is C18H19N5O. The number of imidazole rings is 1. The van der Waals surface area contributed by atoms with Gasteiger partial charge in [0.05, 0.1) is 28.5 Å². The summed E-state index contributed by atoms with van der Waals surface area (Å²) in [5.41, 5.74) is 8.01. The number of nitrogens with two attached hydrogens (primary N) is 1. The van der Waals surface area contributed by atoms with Crippen molar-refractivity contribution in [3.8, 4) is 5.82 Å². The number of carbonyl (C=O) groups excluding carboxylic acids is 1. The van der Waals surface area contributed by atoms with Gasteiger partial charge in [0, 0.05) is 0 Å². The Kier molecular flexibility index (Phi) is 3.54. The quantitative estimate of drug-likeness (QED) is 0.776. The van der Waals surface area contributed by atoms with E-state index in [9.17, 15) is 4.79 Å². The number of aromatic nitrogens is 3. The first-order valence-electron chi connectivity index (χ1n) is 8.15. The number of pyridine rings is 1. The number of benzene rings is 1. The molecule has 0 spiro atoms. The smallest absolute Gasteiger partial charge is 0.244 e. The predicted molar refractivity (Wildman–Crippen MR) is 92.9 cm³/mol. The second-order valence-electron chi connectivity index (χ2n) is 6.33. The third kappa shape index (κ3) is 2.55. The molecule has 1 fully saturated rings. The fourth-order valence-corrected chi connectivity index (χ4v) is 3.23. The van der Waals surface area contributed by atoms with Gasteiger partial charge in [0.15, 0.2) is 0 Å². The zero-order valence-corrected chi connectivity index (χ0v) is 13.3. The number of nitrogens with zero attached hydrogens (tertiary/aromatic N) is 3. The van der Waals surface area contributed by atoms with Gasteiger partial charge in [-0.2, -0.15) is 0 Å². The molecule has 0 unspecified atom stereocenters. The van der Waals surface area contributed by atoms with Crippen LogP contribution in [0.3, 0.4) is 0 Å². The van der Waals surface area contributed by atoms with Crippen LogP contribution in [-0.2, 0) is 4.79 Å². The van der Waals surface area contributed by atoms with E-state index in [0.717, 1.165) is 42.5 Å². The molecule has 1 aliphatic rings. The largest absolute Gasteiger partial charge is 0.323 e. The summed E-state index contributed by atoms with van der Waals surface area (Å²) in [6, 6.07) is 11.6. The molecule has 0 aliphatic heterocycles. The molecule has 0 atom stereocenters. The Balaban J connectivity index is 1.56. The highest BCUT2D eigenvalue weighted by Gasteiger charge is 2.36. The van der Waals surface area contributed by atoms with E-state index in [1.54, 1.807) is 12.5 Å². The van der Waals surface area contributed by atoms with Crippen molar-refractivity contribution in [3.63, 3.8) is 0 Å². The molecule has 1 aliphatic carbocycles. The van der Waals surface area contributed by atoms with E-state index >= 15 is 0 Å². The van der Waals surface area contributed by atoms with Crippen LogP contribution in [-0.4, -0.2) is 26.0 Å². The van der Waals surface area contributed by atoms with Gasteiger partial charge < -0.3 is 11.1 Å². The topological polar surface area (TPSA) is 85.8 Å². The zero-order valence-electron chi connectivity index (χ0n) is 13.3. The van der Waals surface area contributed by atoms with E-state index < -0.39 is 5.54 Å². The van der Waals surface area contributed by atoms with Gasteiger partial charge in [0.25, 0.3) is 0 Å². The first-order valence-corrected chi connectivity index (χ1v) is 8.15. The minimum absolute atomic E-state index is 0.123. The molecule has 3 aromatic rings. The Hall–Kier alpha value is -2.73. The molecular weight excluding hydrogens is 302 g/mol. The standard InChI is InChI=1S/C18H19N5O/c19-18(9-3-4-10-18)17(24)22-13-7-8-16(20-11-13)23-12-21-14-5-1-2-6-15(14)23/h1-2,5-8,11-12H,3-4,9-10,19H2,(H,22,24). The summed E-state index contributed by atoms with van der Waals surface area (Å²) < 4.78 is 1.92. The van der Waals surface area contributed by atoms with Crippen LogP contribution in [0, 0.1) is 0 Å². The number of carbonyl (C=O) groups is 1. The monoisotopic (exact) mass is 321 g/mol. The zero-order chi connectivity index (χ0) is 16.6. The van der Waals surface area contributed by atoms with E-state index in [-0.39, 0.29) is 5.91 Å². The van der Waals surface area contributed by atoms with Crippen LogP contribution in [0.4, 0.5) is 5.69 Å². The second kappa shape index (κ2) is 5.72. The van der Waals surface area contributed by atoms with Crippen LogP contribution in [0.1, 0.15) is 25.7 Å². The Morgan fingerprint density at radius 2 is 1.92 bits per heavy atom. The minimum atomic E-state index is -0.737. The van der Waals surface area contributed by atoms with Crippen LogP contribution in [0.5, 0.6) is 0 Å². The van der Waals surface area contributed by atoms with Gasteiger partial charge in [0.2, 0.25) is 5.91 Å². The van der Waals surface area contributed by atoms with Crippen LogP contribution >= 0.6 is 0 Å². The molecule has 24 heavy (non-hydrogen) atoms. The molecule has 0 radical (unpaired) electrons. The maximum atomic E-state index is 12.3. The van der Waals surface area contributed by atoms with Crippen molar-refractivity contribution in [2.75, 3.05) is 5.32 Å². The van der Waals surface area contributed by atoms with E-state index in [1.807, 2.05) is 41.0 Å². The lowest BCUT2D eigenvalue weighted by Crippen LogP contribution is -2.48. The Bertz CT molecular complexity index is 878. The third-order valence-electron chi connectivity index (χ3n) is 4.65. The summed E-state index contributed by atoms with van der Waals surface area (Å²) in [6.45, 7) is 0. The molecule has 0 bridgehead atoms. The lowest BCUT2D eigenvalue weighted by molar-refractivity contribution is -0.121. The molecule has 122 valence electrons. The molecule has 3 N–H and O–H groups in total. The van der Waals surface area contributed by atoms with Gasteiger partial charge >= 0.3 is 0 Å². The Morgan fingerprint density at radius 1 is 1.12 bits per heavy atom. The predicted octanol–water partition coefficient (Wildman–Crippen LogP) is 2.63. The average molecular weight is 321 g/mol. The molecule has 1 saturated carbocycles. The highest BCUT2D eigenvalue weighted by atomic mass is 16.2. The summed E-state index contributed by atoms with van der Waals surface area (Å²) in [4.78, 5) is 21.2. The highest BCUT2D eigenvalue weighted by Crippen LogP contribution is 2.28. The van der Waals surface area contributed by atoms with E-state index in [1.165, 1.54) is 0 Å². The molecule has 2 aromatic heterocycles. The van der Waals surface area contributed by atoms with Crippen molar-refractivity contribution >= 4 is 22.6 Å². The van der Waals surface area contributed by atoms with Crippen LogP contribution in [0.2, 0.25) is 0 Å². The lowest BCUT2D eigenvalue weighted by Gasteiger charge is -2.22. The lowest BCUT2D eigenvalue weighted by atomic mass is 9.98. The number of hydrogen-bond donors (Lipinski definition) is 2. The van der Waals surface area contributed by atoms with Crippen molar-refractivity contribution in [1.29, 1.82) is 0 Å². The molecule has 1 aromatic carbocycles. The highest BCUT2D eigenvalue weighted by molar-refractivity contribution is 5.98. The number of anilines is 1. The number of amides is 1. The fraction of sp³-hybridized carbons (Fsp3) is 0.278. The van der Waals surface area contributed by atoms with Crippen molar-refractivity contribution in [2.24, 2.45) is 5.73 Å². The normalized spacial score (nSPS) is 16.4. The van der Waals surface area contributed by atoms with Crippen LogP contribution in [0.15, 0.2) is 48.9 Å². The summed E-state index contributed by atoms with van der Waals surface area (Å²) in [7, 11) is 0. The van der Waals surface area contributed by atoms with E-state index in [2.05, 4.69) is 15.3 Å². The molecule has 0 saturated heterocycles. The van der Waals surface area contributed by atoms with Crippen molar-refractivity contribution in [3.05, 3.63) is 48.9 Å². The number of fused-ring (bicyclic) bond motifs is 1. The van der Waals surface area contributed by atoms with Gasteiger partial charge in [-0.15, -0.1) is 0 Å². The number of para-hydroxylation sites is 2. The second-order valence-corrected chi connectivity index (χ2v) is 6.33. The van der Waals surface area contributed by atoms with E-state index in [4.69, 9.17) is 5.73 Å². The minimum Gasteiger partial charge on any atom is -0.323 e. The third-order valence-corrected chi connectivity index (χ3v) is 4.65. The van der Waals surface area contributed by atoms with Gasteiger partial charge in [0.1, 0.15) is 12.1 Å². The van der Waals surface area contributed by atoms with Gasteiger partial charge in [-0.25, -0.2) is 9.97 Å². The van der Waals surface area contributed by atoms with Gasteiger partial charge in [-0.1, -0.05) is 25.0 Å². The first kappa shape index (κ1) is 14.8. The maximum absolute atomic E-state index is 12.3. The number of rotatable bonds is 3. The fourth-order valence-electron chi connectivity index (χ4n) is 3.23. The summed E-state index contributed by atoms with van der Waals surface area (Å²) in [5, 5.41) is 2.88. The molecule has 4 rings (SSSR count). The Morgan fingerprint density at radius 3 is 2.67 bits per heavy atom. The maximum Gasteiger partial charge on any atom is 0.244 e. The van der Waals surface area contributed by atoms with Gasteiger partial charge in [-0.05, 0) is 37.1 Å². The van der Waals surface area contributed by atoms with Crippen LogP contribution < -0.4 is 11.1 Å². The SMILES string of the molecule is NC1(C(=O)Nc2ccc(-n3cnc4ccccc43)nc2)CCCC1. The summed E-state index contributed by atoms with van der Waals surface area (Å²) in [6.07, 6.45) is 6.90. The van der Waals surface area contributed by atoms with Gasteiger partial charge in [-0.3, -0.25) is 9.36 Å². The Labute approximate surface area is 139 Å². The van der Waals surface area contributed by atoms with E-state index in [0.29, 0.717) is 5.69 Å². The average Bonchev–Trinajstić information content (AvgIpc) is 3.23. The first-order chi connectivity index (χ1) is 11.7. The van der Waals surface area contributed by atoms with Crippen LogP contribution in [0.25, 0.3) is 16.9 Å². The summed E-state index contributed by atoms with van der Waals surface area (Å²) in [5.74, 6) is 0.632. The van der Waals surface area contributed by atoms with Crippen molar-refractivity contribution in [2.45, 2.75) is 31.2 Å². The summed E-state index contributed by atoms with van der Waals surface area (Å²) >= 11 is 0. The van der Waals surface area contributed by atoms with Crippen molar-refractivity contribution < 1.29 is 4.79 Å². The molecule has 2 heterocycles. The van der Waals surface area contributed by atoms with Crippen molar-refractivity contribution in [1.82, 2.24) is 14.5 Å².